The van der Waals surface area contributed by atoms with Gasteiger partial charge in [0.05, 0.1) is 17.0 Å². The Kier molecular flexibility index (Phi) is 11.2. The number of halogens is 1. The van der Waals surface area contributed by atoms with Gasteiger partial charge in [-0.25, -0.2) is 13.1 Å². The van der Waals surface area contributed by atoms with Crippen LogP contribution in [0.2, 0.25) is 5.02 Å². The molecule has 6 rings (SSSR count). The molecular weight excluding hydrogens is 674 g/mol. The lowest BCUT2D eigenvalue weighted by atomic mass is 9.64. The molecule has 0 radical (unpaired) electrons. The number of carbonyl (C=O) groups excluding carboxylic acids is 1. The van der Waals surface area contributed by atoms with Gasteiger partial charge in [0.15, 0.2) is 0 Å². The summed E-state index contributed by atoms with van der Waals surface area (Å²) >= 11 is 6.38. The third-order valence-corrected chi connectivity index (χ3v) is 13.4. The van der Waals surface area contributed by atoms with Gasteiger partial charge in [-0.2, -0.15) is 0 Å². The first kappa shape index (κ1) is 36.8. The highest BCUT2D eigenvalue weighted by atomic mass is 35.5. The van der Waals surface area contributed by atoms with Crippen molar-refractivity contribution in [2.75, 3.05) is 51.2 Å². The van der Waals surface area contributed by atoms with Crippen LogP contribution in [-0.2, 0) is 32.7 Å². The van der Waals surface area contributed by atoms with Gasteiger partial charge in [0, 0.05) is 56.1 Å². The van der Waals surface area contributed by atoms with Crippen LogP contribution in [0, 0.1) is 23.7 Å². The van der Waals surface area contributed by atoms with Gasteiger partial charge >= 0.3 is 0 Å². The molecule has 2 aromatic carbocycles. The van der Waals surface area contributed by atoms with Gasteiger partial charge in [-0.3, -0.25) is 4.79 Å². The minimum Gasteiger partial charge on any atom is -0.487 e. The SMILES string of the molecule is CC[C@H](C)[C@@H](C)C(=O)NS(=O)(=O)c1ccc2c(c1)N(C[C@@H]1CC[C@H]1[C@@]1(C)CC(N3CCN(C)CC3)=NO1)CCCCc1cc(Cl)ccc1CO2. The molecule has 1 saturated heterocycles. The summed E-state index contributed by atoms with van der Waals surface area (Å²) in [5.74, 6) is 1.47. The zero-order valence-corrected chi connectivity index (χ0v) is 31.9. The Morgan fingerprint density at radius 3 is 2.56 bits per heavy atom. The van der Waals surface area contributed by atoms with Gasteiger partial charge in [-0.1, -0.05) is 50.0 Å². The lowest BCUT2D eigenvalue weighted by molar-refractivity contribution is -0.124. The highest BCUT2D eigenvalue weighted by Gasteiger charge is 2.51. The molecule has 12 heteroatoms. The molecule has 1 saturated carbocycles. The monoisotopic (exact) mass is 727 g/mol. The van der Waals surface area contributed by atoms with E-state index in [0.717, 1.165) is 101 Å². The van der Waals surface area contributed by atoms with Crippen LogP contribution >= 0.6 is 11.6 Å². The summed E-state index contributed by atoms with van der Waals surface area (Å²) in [4.78, 5) is 26.4. The third-order valence-electron chi connectivity index (χ3n) is 11.8. The van der Waals surface area contributed by atoms with Crippen molar-refractivity contribution in [3.63, 3.8) is 0 Å². The fourth-order valence-corrected chi connectivity index (χ4v) is 9.10. The lowest BCUT2D eigenvalue weighted by Gasteiger charge is -2.47. The van der Waals surface area contributed by atoms with E-state index >= 15 is 0 Å². The number of amidine groups is 1. The van der Waals surface area contributed by atoms with Gasteiger partial charge in [0.1, 0.15) is 23.8 Å². The molecule has 0 bridgehead atoms. The number of aryl methyl sites for hydroxylation is 1. The summed E-state index contributed by atoms with van der Waals surface area (Å²) in [6, 6.07) is 10.9. The second-order valence-electron chi connectivity index (χ2n) is 15.2. The Balaban J connectivity index is 1.26. The Labute approximate surface area is 303 Å². The standard InChI is InChI=1S/C38H54ClN5O5S/c1-6-26(2)27(3)37(45)41-50(46,47)32-13-15-35-34(22-32)44(16-8-7-9-28-21-31(39)12-10-30(28)25-48-35)24-29-11-14-33(29)38(4)23-36(40-49-38)43-19-17-42(5)18-20-43/h10,12-13,15,21-22,26-27,29,33H,6-9,11,14,16-20,23-25H2,1-5H3,(H,41,45)/t26-,27+,29-,33+,38+/m0/s1. The van der Waals surface area contributed by atoms with Crippen molar-refractivity contribution in [1.29, 1.82) is 0 Å². The Hall–Kier alpha value is -3.02. The highest BCUT2D eigenvalue weighted by molar-refractivity contribution is 7.90. The van der Waals surface area contributed by atoms with Crippen molar-refractivity contribution in [3.05, 3.63) is 52.5 Å². The largest absolute Gasteiger partial charge is 0.487 e. The number of rotatable bonds is 8. The van der Waals surface area contributed by atoms with Crippen LogP contribution < -0.4 is 14.4 Å². The number of fused-ring (bicyclic) bond motifs is 2. The van der Waals surface area contributed by atoms with E-state index < -0.39 is 21.8 Å². The highest BCUT2D eigenvalue weighted by Crippen LogP contribution is 2.48. The number of benzene rings is 2. The third kappa shape index (κ3) is 8.05. The minimum atomic E-state index is -4.11. The molecule has 2 fully saturated rings. The molecule has 3 heterocycles. The Bertz CT molecular complexity index is 1680. The van der Waals surface area contributed by atoms with Gasteiger partial charge in [0.25, 0.3) is 10.0 Å². The van der Waals surface area contributed by atoms with E-state index in [0.29, 0.717) is 29.2 Å². The fourth-order valence-electron chi connectivity index (χ4n) is 7.82. The van der Waals surface area contributed by atoms with E-state index in [1.165, 1.54) is 5.56 Å². The number of likely N-dealkylation sites (N-methyl/N-ethyl adjacent to an activating group) is 1. The maximum absolute atomic E-state index is 13.7. The van der Waals surface area contributed by atoms with E-state index in [4.69, 9.17) is 21.2 Å². The average molecular weight is 728 g/mol. The number of hydrogen-bond acceptors (Lipinski definition) is 9. The second kappa shape index (κ2) is 15.3. The molecule has 1 aliphatic carbocycles. The smallest absolute Gasteiger partial charge is 0.264 e. The molecule has 274 valence electrons. The molecule has 5 atom stereocenters. The van der Waals surface area contributed by atoms with Crippen LogP contribution in [0.4, 0.5) is 5.69 Å². The summed E-state index contributed by atoms with van der Waals surface area (Å²) in [7, 11) is -1.96. The molecular formula is C38H54ClN5O5S. The first-order valence-electron chi connectivity index (χ1n) is 18.4. The number of sulfonamides is 1. The number of ether oxygens (including phenoxy) is 1. The zero-order chi connectivity index (χ0) is 35.6. The summed E-state index contributed by atoms with van der Waals surface area (Å²) < 4.78 is 36.2. The van der Waals surface area contributed by atoms with Crippen molar-refractivity contribution >= 4 is 39.1 Å². The molecule has 1 N–H and O–H groups in total. The Morgan fingerprint density at radius 2 is 1.84 bits per heavy atom. The molecule has 3 aliphatic heterocycles. The molecule has 0 aromatic heterocycles. The number of nitrogens with one attached hydrogen (secondary N) is 1. The van der Waals surface area contributed by atoms with Crippen LogP contribution in [0.25, 0.3) is 0 Å². The molecule has 4 aliphatic rings. The van der Waals surface area contributed by atoms with E-state index in [1.54, 1.807) is 25.1 Å². The number of carbonyl (C=O) groups is 1. The minimum absolute atomic E-state index is 0.0538. The van der Waals surface area contributed by atoms with Crippen LogP contribution in [0.3, 0.4) is 0 Å². The van der Waals surface area contributed by atoms with Gasteiger partial charge in [0.2, 0.25) is 5.91 Å². The number of amides is 1. The van der Waals surface area contributed by atoms with E-state index in [9.17, 15) is 13.2 Å². The predicted octanol–water partition coefficient (Wildman–Crippen LogP) is 6.31. The molecule has 0 spiro atoms. The van der Waals surface area contributed by atoms with E-state index in [1.807, 2.05) is 32.0 Å². The quantitative estimate of drug-likeness (QED) is 0.338. The van der Waals surface area contributed by atoms with Crippen LogP contribution in [0.1, 0.15) is 77.3 Å². The van der Waals surface area contributed by atoms with Crippen molar-refractivity contribution < 1.29 is 22.8 Å². The molecule has 50 heavy (non-hydrogen) atoms. The molecule has 0 unspecified atom stereocenters. The number of oxime groups is 1. The second-order valence-corrected chi connectivity index (χ2v) is 17.3. The van der Waals surface area contributed by atoms with Gasteiger partial charge < -0.3 is 24.3 Å². The molecule has 2 aromatic rings. The van der Waals surface area contributed by atoms with E-state index in [2.05, 4.69) is 38.5 Å². The first-order valence-corrected chi connectivity index (χ1v) is 20.3. The van der Waals surface area contributed by atoms with Gasteiger partial charge in [-0.05, 0) is 99.4 Å². The summed E-state index contributed by atoms with van der Waals surface area (Å²) in [5.41, 5.74) is 2.59. The first-order chi connectivity index (χ1) is 23.9. The number of anilines is 1. The maximum Gasteiger partial charge on any atom is 0.264 e. The predicted molar refractivity (Wildman–Crippen MR) is 198 cm³/mol. The summed E-state index contributed by atoms with van der Waals surface area (Å²) in [6.45, 7) is 13.7. The molecule has 1 amide bonds. The van der Waals surface area contributed by atoms with Crippen LogP contribution in [-0.4, -0.2) is 81.9 Å². The lowest BCUT2D eigenvalue weighted by Crippen LogP contribution is -2.51. The topological polar surface area (TPSA) is 104 Å². The molecule has 10 nitrogen and oxygen atoms in total. The number of hydrogen-bond donors (Lipinski definition) is 1. The summed E-state index contributed by atoms with van der Waals surface area (Å²) in [5, 5.41) is 5.32. The normalized spacial score (nSPS) is 25.8. The van der Waals surface area contributed by atoms with Crippen molar-refractivity contribution in [3.8, 4) is 5.75 Å². The Morgan fingerprint density at radius 1 is 1.06 bits per heavy atom. The van der Waals surface area contributed by atoms with E-state index in [-0.39, 0.29) is 16.4 Å². The van der Waals surface area contributed by atoms with Crippen LogP contribution in [0.15, 0.2) is 46.4 Å². The van der Waals surface area contributed by atoms with Crippen LogP contribution in [0.5, 0.6) is 5.75 Å². The van der Waals surface area contributed by atoms with Crippen molar-refractivity contribution in [2.24, 2.45) is 28.8 Å². The number of piperazine rings is 1. The number of nitrogens with zero attached hydrogens (tertiary/aromatic N) is 4. The average Bonchev–Trinajstić information content (AvgIpc) is 3.46. The van der Waals surface area contributed by atoms with Gasteiger partial charge in [-0.15, -0.1) is 0 Å². The van der Waals surface area contributed by atoms with Crippen molar-refractivity contribution in [2.45, 2.75) is 89.7 Å². The zero-order valence-electron chi connectivity index (χ0n) is 30.3. The fraction of sp³-hybridized carbons (Fsp3) is 0.632. The van der Waals surface area contributed by atoms with Crippen molar-refractivity contribution in [1.82, 2.24) is 14.5 Å². The summed E-state index contributed by atoms with van der Waals surface area (Å²) in [6.07, 6.45) is 6.46. The maximum atomic E-state index is 13.7.